The highest BCUT2D eigenvalue weighted by molar-refractivity contribution is 5.87. The lowest BCUT2D eigenvalue weighted by Gasteiger charge is -2.41. The molecule has 2 heterocycles. The molecule has 0 aliphatic carbocycles. The van der Waals surface area contributed by atoms with Crippen LogP contribution in [0, 0.1) is 0 Å². The lowest BCUT2D eigenvalue weighted by atomic mass is 9.87. The summed E-state index contributed by atoms with van der Waals surface area (Å²) >= 11 is 0. The number of carbonyl (C=O) groups excluding carboxylic acids is 2. The van der Waals surface area contributed by atoms with Crippen LogP contribution in [0.25, 0.3) is 11.1 Å². The van der Waals surface area contributed by atoms with Gasteiger partial charge in [0.25, 0.3) is 5.91 Å². The first-order valence-corrected chi connectivity index (χ1v) is 9.72. The van der Waals surface area contributed by atoms with Gasteiger partial charge in [-0.15, -0.1) is 0 Å². The molecular weight excluding hydrogens is 354 g/mol. The Morgan fingerprint density at radius 1 is 1.25 bits per heavy atom. The van der Waals surface area contributed by atoms with Crippen molar-refractivity contribution < 1.29 is 14.3 Å². The molecular formula is C22H27N3O3. The highest BCUT2D eigenvalue weighted by Crippen LogP contribution is 2.30. The van der Waals surface area contributed by atoms with Gasteiger partial charge in [0.1, 0.15) is 0 Å². The molecule has 1 aromatic carbocycles. The molecule has 1 fully saturated rings. The van der Waals surface area contributed by atoms with Gasteiger partial charge < -0.3 is 15.0 Å². The smallest absolute Gasteiger partial charge is 0.254 e. The summed E-state index contributed by atoms with van der Waals surface area (Å²) in [5, 5.41) is 2.73. The summed E-state index contributed by atoms with van der Waals surface area (Å²) in [6.07, 6.45) is 5.19. The highest BCUT2D eigenvalue weighted by Gasteiger charge is 2.44. The van der Waals surface area contributed by atoms with Crippen LogP contribution < -0.4 is 5.32 Å². The summed E-state index contributed by atoms with van der Waals surface area (Å²) in [7, 11) is 1.60. The van der Waals surface area contributed by atoms with Crippen LogP contribution in [-0.2, 0) is 20.7 Å². The van der Waals surface area contributed by atoms with E-state index in [9.17, 15) is 9.59 Å². The third-order valence-electron chi connectivity index (χ3n) is 5.11. The number of hydrogen-bond acceptors (Lipinski definition) is 4. The average Bonchev–Trinajstić information content (AvgIpc) is 2.74. The molecule has 1 aliphatic rings. The molecule has 1 atom stereocenters. The number of morpholine rings is 1. The maximum atomic E-state index is 12.9. The van der Waals surface area contributed by atoms with Crippen LogP contribution in [-0.4, -0.2) is 54.0 Å². The van der Waals surface area contributed by atoms with Gasteiger partial charge in [0.2, 0.25) is 5.91 Å². The number of nitrogens with one attached hydrogen (secondary N) is 1. The number of rotatable bonds is 6. The highest BCUT2D eigenvalue weighted by atomic mass is 16.5. The van der Waals surface area contributed by atoms with Crippen molar-refractivity contribution in [2.24, 2.45) is 0 Å². The molecule has 1 aliphatic heterocycles. The molecule has 148 valence electrons. The zero-order valence-electron chi connectivity index (χ0n) is 16.5. The zero-order chi connectivity index (χ0) is 20.0. The Labute approximate surface area is 165 Å². The number of ether oxygens (including phenoxy) is 1. The first-order valence-electron chi connectivity index (χ1n) is 9.72. The molecule has 0 spiro atoms. The number of likely N-dealkylation sites (N-methyl/N-ethyl adjacent to an activating group) is 1. The van der Waals surface area contributed by atoms with Gasteiger partial charge in [-0.1, -0.05) is 37.3 Å². The van der Waals surface area contributed by atoms with Crippen molar-refractivity contribution in [2.45, 2.75) is 31.8 Å². The standard InChI is InChI=1S/C22H27N3O3/c1-3-7-20(26)25-12-13-28-22(16-25,21(27)23-2)14-17-8-4-5-10-19(17)18-9-6-11-24-15-18/h4-6,8-11,15H,3,7,12-14,16H2,1-2H3,(H,23,27)/t22-/m1/s1. The van der Waals surface area contributed by atoms with Crippen LogP contribution >= 0.6 is 0 Å². The Hall–Kier alpha value is -2.73. The summed E-state index contributed by atoms with van der Waals surface area (Å²) in [6, 6.07) is 11.8. The van der Waals surface area contributed by atoms with E-state index < -0.39 is 5.60 Å². The summed E-state index contributed by atoms with van der Waals surface area (Å²) in [6.45, 7) is 3.10. The van der Waals surface area contributed by atoms with E-state index in [1.807, 2.05) is 49.5 Å². The van der Waals surface area contributed by atoms with E-state index >= 15 is 0 Å². The van der Waals surface area contributed by atoms with E-state index in [-0.39, 0.29) is 18.4 Å². The van der Waals surface area contributed by atoms with E-state index in [2.05, 4.69) is 10.3 Å². The Kier molecular flexibility index (Phi) is 6.41. The quantitative estimate of drug-likeness (QED) is 0.834. The maximum Gasteiger partial charge on any atom is 0.254 e. The van der Waals surface area contributed by atoms with Crippen molar-refractivity contribution in [2.75, 3.05) is 26.7 Å². The molecule has 6 heteroatoms. The van der Waals surface area contributed by atoms with Gasteiger partial charge in [0, 0.05) is 44.4 Å². The van der Waals surface area contributed by atoms with Gasteiger partial charge in [0.05, 0.1) is 13.2 Å². The van der Waals surface area contributed by atoms with Crippen LogP contribution in [0.3, 0.4) is 0 Å². The minimum atomic E-state index is -1.10. The number of aromatic nitrogens is 1. The molecule has 1 saturated heterocycles. The fourth-order valence-corrected chi connectivity index (χ4v) is 3.71. The number of pyridine rings is 1. The molecule has 1 N–H and O–H groups in total. The third kappa shape index (κ3) is 4.22. The van der Waals surface area contributed by atoms with Gasteiger partial charge in [-0.25, -0.2) is 0 Å². The van der Waals surface area contributed by atoms with Crippen molar-refractivity contribution in [3.05, 3.63) is 54.4 Å². The van der Waals surface area contributed by atoms with Crippen molar-refractivity contribution in [1.82, 2.24) is 15.2 Å². The molecule has 2 aromatic rings. The van der Waals surface area contributed by atoms with Gasteiger partial charge in [-0.3, -0.25) is 14.6 Å². The minimum Gasteiger partial charge on any atom is -0.361 e. The summed E-state index contributed by atoms with van der Waals surface area (Å²) in [5.41, 5.74) is 1.89. The first-order chi connectivity index (χ1) is 13.6. The van der Waals surface area contributed by atoms with Crippen molar-refractivity contribution in [3.8, 4) is 11.1 Å². The van der Waals surface area contributed by atoms with Gasteiger partial charge >= 0.3 is 0 Å². The lowest BCUT2D eigenvalue weighted by Crippen LogP contribution is -2.61. The van der Waals surface area contributed by atoms with Crippen LogP contribution in [0.15, 0.2) is 48.8 Å². The minimum absolute atomic E-state index is 0.0691. The summed E-state index contributed by atoms with van der Waals surface area (Å²) < 4.78 is 6.05. The Morgan fingerprint density at radius 2 is 2.07 bits per heavy atom. The molecule has 1 aromatic heterocycles. The van der Waals surface area contributed by atoms with Crippen molar-refractivity contribution in [1.29, 1.82) is 0 Å². The fraction of sp³-hybridized carbons (Fsp3) is 0.409. The summed E-state index contributed by atoms with van der Waals surface area (Å²) in [5.74, 6) is -0.137. The van der Waals surface area contributed by atoms with Crippen LogP contribution in [0.1, 0.15) is 25.3 Å². The van der Waals surface area contributed by atoms with Gasteiger partial charge in [0.15, 0.2) is 5.60 Å². The fourth-order valence-electron chi connectivity index (χ4n) is 3.71. The van der Waals surface area contributed by atoms with E-state index in [0.29, 0.717) is 26.0 Å². The summed E-state index contributed by atoms with van der Waals surface area (Å²) in [4.78, 5) is 31.3. The molecule has 0 saturated carbocycles. The zero-order valence-corrected chi connectivity index (χ0v) is 16.5. The topological polar surface area (TPSA) is 71.5 Å². The third-order valence-corrected chi connectivity index (χ3v) is 5.11. The van der Waals surface area contributed by atoms with Gasteiger partial charge in [-0.2, -0.15) is 0 Å². The first kappa shape index (κ1) is 20.0. The number of benzene rings is 1. The number of hydrogen-bond donors (Lipinski definition) is 1. The van der Waals surface area contributed by atoms with Crippen LogP contribution in [0.5, 0.6) is 0 Å². The predicted molar refractivity (Wildman–Crippen MR) is 108 cm³/mol. The lowest BCUT2D eigenvalue weighted by molar-refractivity contribution is -0.165. The molecule has 6 nitrogen and oxygen atoms in total. The van der Waals surface area contributed by atoms with Gasteiger partial charge in [-0.05, 0) is 23.6 Å². The normalized spacial score (nSPS) is 19.3. The molecule has 0 bridgehead atoms. The number of nitrogens with zero attached hydrogens (tertiary/aromatic N) is 2. The van der Waals surface area contributed by atoms with Crippen LogP contribution in [0.2, 0.25) is 0 Å². The molecule has 0 radical (unpaired) electrons. The maximum absolute atomic E-state index is 12.9. The monoisotopic (exact) mass is 381 g/mol. The van der Waals surface area contributed by atoms with Crippen molar-refractivity contribution in [3.63, 3.8) is 0 Å². The number of carbonyl (C=O) groups is 2. The van der Waals surface area contributed by atoms with E-state index in [4.69, 9.17) is 4.74 Å². The molecule has 28 heavy (non-hydrogen) atoms. The Bertz CT molecular complexity index is 825. The van der Waals surface area contributed by atoms with Crippen LogP contribution in [0.4, 0.5) is 0 Å². The second kappa shape index (κ2) is 8.97. The largest absolute Gasteiger partial charge is 0.361 e. The Morgan fingerprint density at radius 3 is 2.79 bits per heavy atom. The molecule has 3 rings (SSSR count). The van der Waals surface area contributed by atoms with E-state index in [1.165, 1.54) is 0 Å². The number of amides is 2. The second-order valence-electron chi connectivity index (χ2n) is 7.06. The van der Waals surface area contributed by atoms with E-state index in [1.54, 1.807) is 18.1 Å². The molecule has 2 amide bonds. The van der Waals surface area contributed by atoms with E-state index in [0.717, 1.165) is 23.1 Å². The average molecular weight is 381 g/mol. The Balaban J connectivity index is 1.94. The SMILES string of the molecule is CCCC(=O)N1CCO[C@@](Cc2ccccc2-c2cccnc2)(C(=O)NC)C1. The predicted octanol–water partition coefficient (Wildman–Crippen LogP) is 2.43. The van der Waals surface area contributed by atoms with Crippen molar-refractivity contribution >= 4 is 11.8 Å². The second-order valence-corrected chi connectivity index (χ2v) is 7.06. The molecule has 0 unspecified atom stereocenters.